The van der Waals surface area contributed by atoms with Gasteiger partial charge in [-0.05, 0) is 23.8 Å². The lowest BCUT2D eigenvalue weighted by Crippen LogP contribution is -1.83. The van der Waals surface area contributed by atoms with Crippen molar-refractivity contribution in [2.24, 2.45) is 0 Å². The second-order valence-corrected chi connectivity index (χ2v) is 2.97. The zero-order valence-corrected chi connectivity index (χ0v) is 7.12. The molecule has 1 aromatic heterocycles. The minimum Gasteiger partial charge on any atom is -0.399 e. The molecule has 5 N–H and O–H groups in total. The van der Waals surface area contributed by atoms with Crippen LogP contribution in [0.3, 0.4) is 0 Å². The summed E-state index contributed by atoms with van der Waals surface area (Å²) in [6, 6.07) is 9.59. The van der Waals surface area contributed by atoms with Crippen LogP contribution in [-0.2, 0) is 0 Å². The van der Waals surface area contributed by atoms with Crippen molar-refractivity contribution in [2.45, 2.75) is 0 Å². The molecule has 0 aliphatic carbocycles. The van der Waals surface area contributed by atoms with E-state index in [2.05, 4.69) is 4.98 Å². The molecule has 0 saturated carbocycles. The highest BCUT2D eigenvalue weighted by Crippen LogP contribution is 2.22. The van der Waals surface area contributed by atoms with Crippen LogP contribution in [0.1, 0.15) is 0 Å². The highest BCUT2D eigenvalue weighted by atomic mass is 14.8. The van der Waals surface area contributed by atoms with E-state index in [0.717, 1.165) is 16.8 Å². The van der Waals surface area contributed by atoms with E-state index in [0.29, 0.717) is 5.82 Å². The number of benzene rings is 1. The summed E-state index contributed by atoms with van der Waals surface area (Å²) in [5, 5.41) is 0. The van der Waals surface area contributed by atoms with Gasteiger partial charge in [-0.15, -0.1) is 0 Å². The largest absolute Gasteiger partial charge is 0.399 e. The van der Waals surface area contributed by atoms with Crippen LogP contribution in [-0.4, -0.2) is 4.98 Å². The number of aromatic nitrogens is 1. The predicted molar refractivity (Wildman–Crippen MR) is 55.1 cm³/mol. The summed E-state index contributed by atoms with van der Waals surface area (Å²) in [5.74, 6) is 0.664. The number of nitrogens with one attached hydrogen (secondary N) is 1. The minimum atomic E-state index is 0.664. The van der Waals surface area contributed by atoms with Crippen LogP contribution in [0.5, 0.6) is 0 Å². The van der Waals surface area contributed by atoms with Crippen LogP contribution < -0.4 is 11.5 Å². The van der Waals surface area contributed by atoms with Crippen LogP contribution >= 0.6 is 0 Å². The molecule has 0 amide bonds. The van der Waals surface area contributed by atoms with E-state index in [4.69, 9.17) is 11.5 Å². The van der Waals surface area contributed by atoms with Crippen molar-refractivity contribution in [3.8, 4) is 11.1 Å². The summed E-state index contributed by atoms with van der Waals surface area (Å²) in [6.07, 6.45) is 1.87. The van der Waals surface area contributed by atoms with Crippen molar-refractivity contribution in [2.75, 3.05) is 11.5 Å². The molecule has 2 aromatic rings. The molecule has 0 radical (unpaired) electrons. The van der Waals surface area contributed by atoms with Gasteiger partial charge >= 0.3 is 0 Å². The molecule has 66 valence electrons. The average molecular weight is 173 g/mol. The standard InChI is InChI=1S/C10H11N3/c11-9-3-1-2-7(4-9)8-5-10(12)13-6-8/h1-6,13H,11-12H2. The Morgan fingerprint density at radius 2 is 1.85 bits per heavy atom. The smallest absolute Gasteiger partial charge is 0.101 e. The number of nitrogens with two attached hydrogens (primary N) is 2. The van der Waals surface area contributed by atoms with E-state index >= 15 is 0 Å². The lowest BCUT2D eigenvalue weighted by atomic mass is 10.1. The van der Waals surface area contributed by atoms with Gasteiger partial charge in [0.25, 0.3) is 0 Å². The van der Waals surface area contributed by atoms with Crippen molar-refractivity contribution >= 4 is 11.5 Å². The Bertz CT molecular complexity index is 418. The molecule has 2 rings (SSSR count). The molecule has 0 aliphatic heterocycles. The number of aromatic amines is 1. The lowest BCUT2D eigenvalue weighted by Gasteiger charge is -1.97. The van der Waals surface area contributed by atoms with Gasteiger partial charge in [0.05, 0.1) is 0 Å². The van der Waals surface area contributed by atoms with E-state index in [9.17, 15) is 0 Å². The molecule has 0 unspecified atom stereocenters. The number of H-pyrrole nitrogens is 1. The summed E-state index contributed by atoms with van der Waals surface area (Å²) in [6.45, 7) is 0. The van der Waals surface area contributed by atoms with Gasteiger partial charge in [-0.3, -0.25) is 0 Å². The Hall–Kier alpha value is -1.90. The summed E-state index contributed by atoms with van der Waals surface area (Å²) in [5.41, 5.74) is 14.1. The van der Waals surface area contributed by atoms with E-state index in [-0.39, 0.29) is 0 Å². The van der Waals surface area contributed by atoms with Gasteiger partial charge in [0, 0.05) is 17.4 Å². The molecule has 0 atom stereocenters. The van der Waals surface area contributed by atoms with Crippen molar-refractivity contribution < 1.29 is 0 Å². The molecule has 0 saturated heterocycles. The van der Waals surface area contributed by atoms with Crippen LogP contribution in [0, 0.1) is 0 Å². The Morgan fingerprint density at radius 3 is 2.46 bits per heavy atom. The summed E-state index contributed by atoms with van der Waals surface area (Å²) < 4.78 is 0. The van der Waals surface area contributed by atoms with E-state index in [1.807, 2.05) is 36.5 Å². The van der Waals surface area contributed by atoms with E-state index in [1.165, 1.54) is 0 Å². The molecular formula is C10H11N3. The van der Waals surface area contributed by atoms with Crippen molar-refractivity contribution in [3.05, 3.63) is 36.5 Å². The monoisotopic (exact) mass is 173 g/mol. The van der Waals surface area contributed by atoms with Crippen LogP contribution in [0.25, 0.3) is 11.1 Å². The van der Waals surface area contributed by atoms with Gasteiger partial charge < -0.3 is 16.5 Å². The second kappa shape index (κ2) is 2.86. The highest BCUT2D eigenvalue weighted by Gasteiger charge is 1.99. The first-order chi connectivity index (χ1) is 6.25. The van der Waals surface area contributed by atoms with E-state index < -0.39 is 0 Å². The number of hydrogen-bond donors (Lipinski definition) is 3. The Kier molecular flexibility index (Phi) is 1.70. The first-order valence-corrected chi connectivity index (χ1v) is 4.05. The third-order valence-corrected chi connectivity index (χ3v) is 1.93. The lowest BCUT2D eigenvalue weighted by molar-refractivity contribution is 1.42. The fraction of sp³-hybridized carbons (Fsp3) is 0. The topological polar surface area (TPSA) is 67.8 Å². The van der Waals surface area contributed by atoms with Gasteiger partial charge in [0.2, 0.25) is 0 Å². The van der Waals surface area contributed by atoms with Crippen molar-refractivity contribution in [3.63, 3.8) is 0 Å². The Balaban J connectivity index is 2.46. The number of anilines is 2. The number of rotatable bonds is 1. The fourth-order valence-corrected chi connectivity index (χ4v) is 1.30. The SMILES string of the molecule is Nc1cccc(-c2c[nH]c(N)c2)c1. The molecule has 0 bridgehead atoms. The molecule has 1 heterocycles. The van der Waals surface area contributed by atoms with Gasteiger partial charge in [-0.2, -0.15) is 0 Å². The van der Waals surface area contributed by atoms with Crippen LogP contribution in [0.15, 0.2) is 36.5 Å². The molecule has 0 aliphatic rings. The van der Waals surface area contributed by atoms with E-state index in [1.54, 1.807) is 0 Å². The van der Waals surface area contributed by atoms with Crippen LogP contribution in [0.4, 0.5) is 11.5 Å². The number of nitrogen functional groups attached to an aromatic ring is 2. The first kappa shape index (κ1) is 7.73. The molecule has 3 nitrogen and oxygen atoms in total. The van der Waals surface area contributed by atoms with Crippen LogP contribution in [0.2, 0.25) is 0 Å². The predicted octanol–water partition coefficient (Wildman–Crippen LogP) is 1.85. The third kappa shape index (κ3) is 1.49. The van der Waals surface area contributed by atoms with Gasteiger partial charge in [0.1, 0.15) is 5.82 Å². The van der Waals surface area contributed by atoms with Gasteiger partial charge in [-0.25, -0.2) is 0 Å². The molecule has 1 aromatic carbocycles. The average Bonchev–Trinajstić information content (AvgIpc) is 2.52. The quantitative estimate of drug-likeness (QED) is 0.576. The highest BCUT2D eigenvalue weighted by molar-refractivity contribution is 5.69. The fourth-order valence-electron chi connectivity index (χ4n) is 1.30. The van der Waals surface area contributed by atoms with Gasteiger partial charge in [-0.1, -0.05) is 12.1 Å². The molecule has 3 heteroatoms. The number of hydrogen-bond acceptors (Lipinski definition) is 2. The third-order valence-electron chi connectivity index (χ3n) is 1.93. The summed E-state index contributed by atoms with van der Waals surface area (Å²) in [4.78, 5) is 2.92. The summed E-state index contributed by atoms with van der Waals surface area (Å²) >= 11 is 0. The zero-order valence-electron chi connectivity index (χ0n) is 7.12. The minimum absolute atomic E-state index is 0.664. The van der Waals surface area contributed by atoms with Crippen molar-refractivity contribution in [1.29, 1.82) is 0 Å². The molecular weight excluding hydrogens is 162 g/mol. The maximum atomic E-state index is 5.66. The first-order valence-electron chi connectivity index (χ1n) is 4.05. The zero-order chi connectivity index (χ0) is 9.26. The Morgan fingerprint density at radius 1 is 1.00 bits per heavy atom. The van der Waals surface area contributed by atoms with Gasteiger partial charge in [0.15, 0.2) is 0 Å². The molecule has 0 fully saturated rings. The normalized spacial score (nSPS) is 10.2. The Labute approximate surface area is 76.4 Å². The van der Waals surface area contributed by atoms with Crippen molar-refractivity contribution in [1.82, 2.24) is 4.98 Å². The maximum absolute atomic E-state index is 5.66. The summed E-state index contributed by atoms with van der Waals surface area (Å²) in [7, 11) is 0. The maximum Gasteiger partial charge on any atom is 0.101 e. The second-order valence-electron chi connectivity index (χ2n) is 2.97. The molecule has 0 spiro atoms. The molecule has 13 heavy (non-hydrogen) atoms.